The fourth-order valence-electron chi connectivity index (χ4n) is 3.44. The van der Waals surface area contributed by atoms with Crippen LogP contribution in [0.15, 0.2) is 60.9 Å². The van der Waals surface area contributed by atoms with Crippen LogP contribution < -0.4 is 4.74 Å². The number of nitrogens with zero attached hydrogens (tertiary/aromatic N) is 4. The molecule has 3 aromatic rings. The molecule has 3 heterocycles. The molecule has 142 valence electrons. The van der Waals surface area contributed by atoms with Crippen molar-refractivity contribution >= 4 is 5.91 Å². The zero-order valence-electron chi connectivity index (χ0n) is 15.8. The minimum atomic E-state index is -0.0296. The van der Waals surface area contributed by atoms with Gasteiger partial charge in [0.15, 0.2) is 0 Å². The molecular formula is C22H22N4O2. The second kappa shape index (κ2) is 8.17. The summed E-state index contributed by atoms with van der Waals surface area (Å²) in [6, 6.07) is 15.1. The first kappa shape index (κ1) is 18.1. The number of carbonyl (C=O) groups excluding carboxylic acids is 1. The summed E-state index contributed by atoms with van der Waals surface area (Å²) < 4.78 is 5.80. The molecule has 6 nitrogen and oxygen atoms in total. The van der Waals surface area contributed by atoms with Crippen LogP contribution in [0, 0.1) is 6.92 Å². The molecule has 1 atom stereocenters. The van der Waals surface area contributed by atoms with E-state index in [1.807, 2.05) is 54.3 Å². The van der Waals surface area contributed by atoms with Crippen LogP contribution in [0.4, 0.5) is 0 Å². The summed E-state index contributed by atoms with van der Waals surface area (Å²) in [5, 5.41) is 0. The van der Waals surface area contributed by atoms with E-state index >= 15 is 0 Å². The van der Waals surface area contributed by atoms with Gasteiger partial charge in [-0.15, -0.1) is 0 Å². The number of para-hydroxylation sites is 1. The Morgan fingerprint density at radius 3 is 2.75 bits per heavy atom. The van der Waals surface area contributed by atoms with Crippen LogP contribution in [0.3, 0.4) is 0 Å². The van der Waals surface area contributed by atoms with E-state index in [1.54, 1.807) is 18.5 Å². The zero-order valence-corrected chi connectivity index (χ0v) is 15.8. The smallest absolute Gasteiger partial charge is 0.272 e. The molecule has 0 bridgehead atoms. The van der Waals surface area contributed by atoms with Crippen molar-refractivity contribution in [3.63, 3.8) is 0 Å². The third-order valence-electron chi connectivity index (χ3n) is 4.83. The summed E-state index contributed by atoms with van der Waals surface area (Å²) in [6.07, 6.45) is 5.27. The van der Waals surface area contributed by atoms with Crippen LogP contribution in [0.2, 0.25) is 0 Å². The van der Waals surface area contributed by atoms with Gasteiger partial charge < -0.3 is 9.64 Å². The summed E-state index contributed by atoms with van der Waals surface area (Å²) in [5.74, 6) is 1.29. The van der Waals surface area contributed by atoms with Crippen LogP contribution >= 0.6 is 0 Å². The molecule has 28 heavy (non-hydrogen) atoms. The Morgan fingerprint density at radius 2 is 1.93 bits per heavy atom. The van der Waals surface area contributed by atoms with Crippen molar-refractivity contribution in [2.75, 3.05) is 13.1 Å². The Morgan fingerprint density at radius 1 is 1.07 bits per heavy atom. The van der Waals surface area contributed by atoms with E-state index in [0.29, 0.717) is 18.1 Å². The van der Waals surface area contributed by atoms with Gasteiger partial charge in [0.05, 0.1) is 11.9 Å². The minimum absolute atomic E-state index is 0.0296. The number of aromatic nitrogens is 3. The molecule has 1 amide bonds. The number of benzene rings is 1. The first-order valence-corrected chi connectivity index (χ1v) is 9.47. The average Bonchev–Trinajstić information content (AvgIpc) is 2.74. The van der Waals surface area contributed by atoms with E-state index in [9.17, 15) is 4.79 Å². The summed E-state index contributed by atoms with van der Waals surface area (Å²) in [4.78, 5) is 28.0. The molecule has 0 spiro atoms. The van der Waals surface area contributed by atoms with Crippen molar-refractivity contribution in [1.29, 1.82) is 0 Å². The number of ether oxygens (including phenoxy) is 1. The number of likely N-dealkylation sites (tertiary alicyclic amines) is 1. The topological polar surface area (TPSA) is 68.2 Å². The quantitative estimate of drug-likeness (QED) is 0.691. The predicted octanol–water partition coefficient (Wildman–Crippen LogP) is 3.99. The Kier molecular flexibility index (Phi) is 5.28. The van der Waals surface area contributed by atoms with E-state index in [4.69, 9.17) is 4.74 Å². The summed E-state index contributed by atoms with van der Waals surface area (Å²) in [6.45, 7) is 3.24. The largest absolute Gasteiger partial charge is 0.437 e. The number of hydrogen-bond donors (Lipinski definition) is 0. The molecule has 1 aromatic carbocycles. The van der Waals surface area contributed by atoms with Crippen LogP contribution in [0.25, 0.3) is 0 Å². The number of carbonyl (C=O) groups is 1. The lowest BCUT2D eigenvalue weighted by Crippen LogP contribution is -2.39. The van der Waals surface area contributed by atoms with Gasteiger partial charge in [-0.2, -0.15) is 0 Å². The lowest BCUT2D eigenvalue weighted by atomic mass is 9.95. The van der Waals surface area contributed by atoms with Crippen LogP contribution in [-0.2, 0) is 0 Å². The lowest BCUT2D eigenvalue weighted by Gasteiger charge is -2.32. The first-order valence-electron chi connectivity index (χ1n) is 9.47. The van der Waals surface area contributed by atoms with Gasteiger partial charge in [0.25, 0.3) is 5.91 Å². The number of piperidine rings is 1. The summed E-state index contributed by atoms with van der Waals surface area (Å²) >= 11 is 0. The molecule has 2 aromatic heterocycles. The van der Waals surface area contributed by atoms with E-state index in [2.05, 4.69) is 15.0 Å². The molecule has 1 saturated heterocycles. The van der Waals surface area contributed by atoms with E-state index in [-0.39, 0.29) is 11.8 Å². The van der Waals surface area contributed by atoms with Gasteiger partial charge in [0.2, 0.25) is 5.88 Å². The molecule has 0 aliphatic carbocycles. The third-order valence-corrected chi connectivity index (χ3v) is 4.83. The van der Waals surface area contributed by atoms with Crippen LogP contribution in [-0.4, -0.2) is 38.8 Å². The highest BCUT2D eigenvalue weighted by molar-refractivity contribution is 5.92. The molecular weight excluding hydrogens is 352 g/mol. The molecule has 1 fully saturated rings. The summed E-state index contributed by atoms with van der Waals surface area (Å²) in [7, 11) is 0. The molecule has 0 radical (unpaired) electrons. The number of aryl methyl sites for hydroxylation is 1. The molecule has 0 unspecified atom stereocenters. The second-order valence-electron chi connectivity index (χ2n) is 6.95. The fraction of sp³-hybridized carbons (Fsp3) is 0.273. The average molecular weight is 374 g/mol. The monoisotopic (exact) mass is 374 g/mol. The zero-order chi connectivity index (χ0) is 19.3. The Bertz CT molecular complexity index is 962. The maximum atomic E-state index is 12.8. The fourth-order valence-corrected chi connectivity index (χ4v) is 3.44. The van der Waals surface area contributed by atoms with Gasteiger partial charge in [0.1, 0.15) is 11.4 Å². The van der Waals surface area contributed by atoms with E-state index in [1.165, 1.54) is 0 Å². The normalized spacial score (nSPS) is 16.6. The van der Waals surface area contributed by atoms with Crippen molar-refractivity contribution in [3.8, 4) is 11.6 Å². The highest BCUT2D eigenvalue weighted by atomic mass is 16.5. The van der Waals surface area contributed by atoms with Gasteiger partial charge in [-0.3, -0.25) is 9.78 Å². The Hall–Kier alpha value is -3.28. The maximum Gasteiger partial charge on any atom is 0.272 e. The molecule has 1 aliphatic rings. The molecule has 6 heteroatoms. The van der Waals surface area contributed by atoms with Gasteiger partial charge in [-0.05, 0) is 44.0 Å². The van der Waals surface area contributed by atoms with Crippen molar-refractivity contribution in [2.24, 2.45) is 0 Å². The number of rotatable bonds is 4. The highest BCUT2D eigenvalue weighted by Gasteiger charge is 2.27. The van der Waals surface area contributed by atoms with E-state index in [0.717, 1.165) is 36.5 Å². The SMILES string of the molecule is Cc1cccc(C(=O)N2CCC[C@@H](c3cncc(Oc4ccccc4)n3)C2)n1. The van der Waals surface area contributed by atoms with Crippen LogP contribution in [0.1, 0.15) is 40.6 Å². The lowest BCUT2D eigenvalue weighted by molar-refractivity contribution is 0.0699. The van der Waals surface area contributed by atoms with E-state index < -0.39 is 0 Å². The van der Waals surface area contributed by atoms with Crippen molar-refractivity contribution in [1.82, 2.24) is 19.9 Å². The minimum Gasteiger partial charge on any atom is -0.437 e. The standard InChI is InChI=1S/C22H22N4O2/c1-16-7-5-11-19(24-16)22(27)26-12-6-8-17(15-26)20-13-23-14-21(25-20)28-18-9-3-2-4-10-18/h2-5,7,9-11,13-14,17H,6,8,12,15H2,1H3/t17-/m1/s1. The Balaban J connectivity index is 1.48. The van der Waals surface area contributed by atoms with Crippen molar-refractivity contribution < 1.29 is 9.53 Å². The molecule has 4 rings (SSSR count). The van der Waals surface area contributed by atoms with Crippen LogP contribution in [0.5, 0.6) is 11.6 Å². The maximum absolute atomic E-state index is 12.8. The highest BCUT2D eigenvalue weighted by Crippen LogP contribution is 2.28. The van der Waals surface area contributed by atoms with Crippen molar-refractivity contribution in [2.45, 2.75) is 25.7 Å². The van der Waals surface area contributed by atoms with Gasteiger partial charge >= 0.3 is 0 Å². The van der Waals surface area contributed by atoms with Gasteiger partial charge in [-0.1, -0.05) is 24.3 Å². The first-order chi connectivity index (χ1) is 13.7. The number of amides is 1. The van der Waals surface area contributed by atoms with Gasteiger partial charge in [-0.25, -0.2) is 9.97 Å². The number of hydrogen-bond acceptors (Lipinski definition) is 5. The second-order valence-corrected chi connectivity index (χ2v) is 6.95. The molecule has 0 N–H and O–H groups in total. The summed E-state index contributed by atoms with van der Waals surface area (Å²) in [5.41, 5.74) is 2.19. The Labute approximate surface area is 164 Å². The van der Waals surface area contributed by atoms with Crippen molar-refractivity contribution in [3.05, 3.63) is 78.0 Å². The molecule has 0 saturated carbocycles. The number of pyridine rings is 1. The molecule has 1 aliphatic heterocycles. The third kappa shape index (κ3) is 4.17. The van der Waals surface area contributed by atoms with Gasteiger partial charge in [0, 0.05) is 30.9 Å². The predicted molar refractivity (Wildman–Crippen MR) is 105 cm³/mol.